The summed E-state index contributed by atoms with van der Waals surface area (Å²) < 4.78 is 0. The molecule has 7 heteroatoms. The van der Waals surface area contributed by atoms with Gasteiger partial charge in [-0.15, -0.1) is 0 Å². The molecule has 1 saturated heterocycles. The van der Waals surface area contributed by atoms with E-state index in [1.165, 1.54) is 0 Å². The van der Waals surface area contributed by atoms with Crippen molar-refractivity contribution in [3.63, 3.8) is 0 Å². The summed E-state index contributed by atoms with van der Waals surface area (Å²) in [7, 11) is 1.70. The smallest absolute Gasteiger partial charge is 0.246 e. The zero-order valence-corrected chi connectivity index (χ0v) is 17.9. The molecule has 3 N–H and O–H groups in total. The molecule has 0 saturated carbocycles. The molecule has 7 nitrogen and oxygen atoms in total. The Morgan fingerprint density at radius 3 is 2.45 bits per heavy atom. The number of rotatable bonds is 9. The van der Waals surface area contributed by atoms with Crippen LogP contribution in [0.3, 0.4) is 0 Å². The van der Waals surface area contributed by atoms with Gasteiger partial charge in [-0.2, -0.15) is 0 Å². The molecule has 1 aliphatic rings. The third-order valence-corrected chi connectivity index (χ3v) is 5.45. The van der Waals surface area contributed by atoms with Crippen LogP contribution in [0.25, 0.3) is 0 Å². The summed E-state index contributed by atoms with van der Waals surface area (Å²) in [6.07, 6.45) is 2.18. The van der Waals surface area contributed by atoms with Crippen LogP contribution in [-0.2, 0) is 20.8 Å². The molecule has 29 heavy (non-hydrogen) atoms. The lowest BCUT2D eigenvalue weighted by Crippen LogP contribution is -2.57. The Morgan fingerprint density at radius 1 is 1.14 bits per heavy atom. The topological polar surface area (TPSA) is 90.5 Å². The highest BCUT2D eigenvalue weighted by atomic mass is 16.2. The number of nitrogens with one attached hydrogen (secondary N) is 3. The number of hydrogen-bond donors (Lipinski definition) is 3. The molecule has 0 aromatic heterocycles. The molecule has 0 spiro atoms. The van der Waals surface area contributed by atoms with Crippen LogP contribution in [0.5, 0.6) is 0 Å². The van der Waals surface area contributed by atoms with E-state index in [4.69, 9.17) is 0 Å². The predicted molar refractivity (Wildman–Crippen MR) is 113 cm³/mol. The Hall–Kier alpha value is -2.41. The molecule has 3 atom stereocenters. The van der Waals surface area contributed by atoms with Gasteiger partial charge in [-0.3, -0.25) is 14.4 Å². The van der Waals surface area contributed by atoms with Gasteiger partial charge < -0.3 is 20.9 Å². The van der Waals surface area contributed by atoms with Crippen molar-refractivity contribution >= 4 is 17.7 Å². The minimum absolute atomic E-state index is 0.0714. The lowest BCUT2D eigenvalue weighted by atomic mass is 10.0. The van der Waals surface area contributed by atoms with Gasteiger partial charge in [-0.05, 0) is 44.7 Å². The number of nitrogens with zero attached hydrogens (tertiary/aromatic N) is 1. The highest BCUT2D eigenvalue weighted by molar-refractivity contribution is 5.93. The SMILES string of the molecule is CN[C@@H](C)C(=O)N[C@H](C(=O)N1CCC[C@H]1C(=O)NCCc1ccccc1)C(C)C. The van der Waals surface area contributed by atoms with E-state index >= 15 is 0 Å². The second-order valence-electron chi connectivity index (χ2n) is 7.96. The van der Waals surface area contributed by atoms with E-state index in [9.17, 15) is 14.4 Å². The summed E-state index contributed by atoms with van der Waals surface area (Å²) in [5.41, 5.74) is 1.16. The van der Waals surface area contributed by atoms with E-state index in [1.54, 1.807) is 18.9 Å². The summed E-state index contributed by atoms with van der Waals surface area (Å²) in [6.45, 7) is 6.62. The third kappa shape index (κ3) is 6.29. The Kier molecular flexibility index (Phi) is 8.64. The number of carbonyl (C=O) groups excluding carboxylic acids is 3. The van der Waals surface area contributed by atoms with Crippen LogP contribution < -0.4 is 16.0 Å². The van der Waals surface area contributed by atoms with E-state index in [2.05, 4.69) is 16.0 Å². The van der Waals surface area contributed by atoms with Crippen molar-refractivity contribution in [2.45, 2.75) is 58.2 Å². The zero-order valence-electron chi connectivity index (χ0n) is 17.9. The average Bonchev–Trinajstić information content (AvgIpc) is 3.21. The third-order valence-electron chi connectivity index (χ3n) is 5.45. The molecule has 3 amide bonds. The fourth-order valence-corrected chi connectivity index (χ4v) is 3.50. The first-order valence-electron chi connectivity index (χ1n) is 10.4. The average molecular weight is 403 g/mol. The number of carbonyl (C=O) groups is 3. The van der Waals surface area contributed by atoms with Crippen molar-refractivity contribution in [2.24, 2.45) is 5.92 Å². The van der Waals surface area contributed by atoms with Gasteiger partial charge in [-0.1, -0.05) is 44.2 Å². The van der Waals surface area contributed by atoms with Gasteiger partial charge >= 0.3 is 0 Å². The molecule has 0 radical (unpaired) electrons. The van der Waals surface area contributed by atoms with Crippen LogP contribution >= 0.6 is 0 Å². The predicted octanol–water partition coefficient (Wildman–Crippen LogP) is 1.09. The second-order valence-corrected chi connectivity index (χ2v) is 7.96. The normalized spacial score (nSPS) is 18.4. The second kappa shape index (κ2) is 11.0. The van der Waals surface area contributed by atoms with Gasteiger partial charge in [-0.25, -0.2) is 0 Å². The lowest BCUT2D eigenvalue weighted by molar-refractivity contribution is -0.142. The monoisotopic (exact) mass is 402 g/mol. The van der Waals surface area contributed by atoms with Crippen LogP contribution in [0.2, 0.25) is 0 Å². The Morgan fingerprint density at radius 2 is 1.83 bits per heavy atom. The summed E-state index contributed by atoms with van der Waals surface area (Å²) in [4.78, 5) is 39.8. The Bertz CT molecular complexity index is 693. The van der Waals surface area contributed by atoms with Crippen molar-refractivity contribution in [1.82, 2.24) is 20.9 Å². The van der Waals surface area contributed by atoms with Gasteiger partial charge in [0, 0.05) is 13.1 Å². The van der Waals surface area contributed by atoms with Crippen molar-refractivity contribution in [2.75, 3.05) is 20.1 Å². The van der Waals surface area contributed by atoms with E-state index in [0.29, 0.717) is 19.5 Å². The number of likely N-dealkylation sites (N-methyl/N-ethyl adjacent to an activating group) is 1. The molecule has 1 aromatic rings. The van der Waals surface area contributed by atoms with Crippen LogP contribution in [0, 0.1) is 5.92 Å². The first-order valence-corrected chi connectivity index (χ1v) is 10.4. The van der Waals surface area contributed by atoms with Crippen LogP contribution in [0.4, 0.5) is 0 Å². The van der Waals surface area contributed by atoms with E-state index in [1.807, 2.05) is 44.2 Å². The molecule has 0 aliphatic carbocycles. The van der Waals surface area contributed by atoms with Gasteiger partial charge in [0.15, 0.2) is 0 Å². The fourth-order valence-electron chi connectivity index (χ4n) is 3.50. The summed E-state index contributed by atoms with van der Waals surface area (Å²) >= 11 is 0. The van der Waals surface area contributed by atoms with Crippen molar-refractivity contribution < 1.29 is 14.4 Å². The van der Waals surface area contributed by atoms with Gasteiger partial charge in [0.1, 0.15) is 12.1 Å². The lowest BCUT2D eigenvalue weighted by Gasteiger charge is -2.31. The van der Waals surface area contributed by atoms with Gasteiger partial charge in [0.2, 0.25) is 17.7 Å². The standard InChI is InChI=1S/C22H34N4O3/c1-15(2)19(25-20(27)16(3)23-4)22(29)26-14-8-11-18(26)21(28)24-13-12-17-9-6-5-7-10-17/h5-7,9-10,15-16,18-19,23H,8,11-14H2,1-4H3,(H,24,28)(H,25,27)/t16-,18-,19-/m0/s1. The molecule has 160 valence electrons. The molecule has 1 fully saturated rings. The molecule has 1 aromatic carbocycles. The largest absolute Gasteiger partial charge is 0.354 e. The minimum atomic E-state index is -0.643. The first-order chi connectivity index (χ1) is 13.8. The van der Waals surface area contributed by atoms with E-state index in [0.717, 1.165) is 18.4 Å². The Balaban J connectivity index is 1.96. The molecular weight excluding hydrogens is 368 g/mol. The molecule has 0 unspecified atom stereocenters. The highest BCUT2D eigenvalue weighted by Crippen LogP contribution is 2.20. The molecule has 1 aliphatic heterocycles. The fraction of sp³-hybridized carbons (Fsp3) is 0.591. The highest BCUT2D eigenvalue weighted by Gasteiger charge is 2.38. The van der Waals surface area contributed by atoms with Crippen LogP contribution in [0.15, 0.2) is 30.3 Å². The van der Waals surface area contributed by atoms with Crippen LogP contribution in [-0.4, -0.2) is 60.9 Å². The Labute approximate surface area is 173 Å². The molecule has 2 rings (SSSR count). The molecular formula is C22H34N4O3. The number of benzene rings is 1. The summed E-state index contributed by atoms with van der Waals surface area (Å²) in [6, 6.07) is 8.46. The van der Waals surface area contributed by atoms with E-state index < -0.39 is 12.1 Å². The number of hydrogen-bond acceptors (Lipinski definition) is 4. The maximum absolute atomic E-state index is 13.2. The maximum Gasteiger partial charge on any atom is 0.246 e. The summed E-state index contributed by atoms with van der Waals surface area (Å²) in [5, 5.41) is 8.69. The van der Waals surface area contributed by atoms with E-state index in [-0.39, 0.29) is 29.7 Å². The minimum Gasteiger partial charge on any atom is -0.354 e. The first kappa shape index (κ1) is 22.9. The van der Waals surface area contributed by atoms with Crippen LogP contribution in [0.1, 0.15) is 39.2 Å². The van der Waals surface area contributed by atoms with Crippen molar-refractivity contribution in [1.29, 1.82) is 0 Å². The van der Waals surface area contributed by atoms with Gasteiger partial charge in [0.25, 0.3) is 0 Å². The zero-order chi connectivity index (χ0) is 21.4. The van der Waals surface area contributed by atoms with Crippen molar-refractivity contribution in [3.8, 4) is 0 Å². The number of likely N-dealkylation sites (tertiary alicyclic amines) is 1. The maximum atomic E-state index is 13.2. The van der Waals surface area contributed by atoms with Gasteiger partial charge in [0.05, 0.1) is 6.04 Å². The number of amides is 3. The summed E-state index contributed by atoms with van der Waals surface area (Å²) in [5.74, 6) is -0.595. The molecule has 1 heterocycles. The van der Waals surface area contributed by atoms with Crippen molar-refractivity contribution in [3.05, 3.63) is 35.9 Å². The quantitative estimate of drug-likeness (QED) is 0.577. The molecule has 0 bridgehead atoms.